The molecule has 2 aromatic heterocycles. The fraction of sp³-hybridized carbons (Fsp3) is 0.579. The van der Waals surface area contributed by atoms with Gasteiger partial charge in [-0.1, -0.05) is 0 Å². The van der Waals surface area contributed by atoms with E-state index in [1.165, 1.54) is 31.9 Å². The number of amides is 1. The van der Waals surface area contributed by atoms with Crippen LogP contribution in [0.2, 0.25) is 0 Å². The first-order valence-corrected chi connectivity index (χ1v) is 9.50. The van der Waals surface area contributed by atoms with Crippen molar-refractivity contribution in [2.75, 3.05) is 13.1 Å². The van der Waals surface area contributed by atoms with E-state index in [0.717, 1.165) is 23.8 Å². The lowest BCUT2D eigenvalue weighted by Gasteiger charge is -2.16. The average Bonchev–Trinajstić information content (AvgIpc) is 3.55. The zero-order chi connectivity index (χ0) is 17.7. The Morgan fingerprint density at radius 2 is 2.08 bits per heavy atom. The molecule has 2 aromatic rings. The number of hydrogen-bond acceptors (Lipinski definition) is 5. The lowest BCUT2D eigenvalue weighted by Crippen LogP contribution is -2.30. The number of H-pyrrole nitrogens is 1. The second-order valence-corrected chi connectivity index (χ2v) is 7.99. The van der Waals surface area contributed by atoms with Crippen LogP contribution in [0.15, 0.2) is 18.5 Å². The summed E-state index contributed by atoms with van der Waals surface area (Å²) in [6, 6.07) is 1.61. The summed E-state index contributed by atoms with van der Waals surface area (Å²) in [6.07, 6.45) is 8.18. The van der Waals surface area contributed by atoms with Crippen molar-refractivity contribution in [1.82, 2.24) is 25.1 Å². The number of aromatic amines is 1. The van der Waals surface area contributed by atoms with Crippen LogP contribution in [0.4, 0.5) is 0 Å². The summed E-state index contributed by atoms with van der Waals surface area (Å²) in [6.45, 7) is 1.49. The van der Waals surface area contributed by atoms with Crippen molar-refractivity contribution in [1.29, 1.82) is 0 Å². The van der Waals surface area contributed by atoms with Crippen LogP contribution in [0.25, 0.3) is 0 Å². The molecule has 1 amide bonds. The van der Waals surface area contributed by atoms with Crippen LogP contribution in [-0.2, 0) is 11.2 Å². The first-order chi connectivity index (χ1) is 12.7. The minimum Gasteiger partial charge on any atom is -0.506 e. The molecule has 0 radical (unpaired) electrons. The molecule has 0 bridgehead atoms. The first kappa shape index (κ1) is 15.8. The Labute approximate surface area is 151 Å². The van der Waals surface area contributed by atoms with E-state index in [1.54, 1.807) is 12.3 Å². The maximum Gasteiger partial charge on any atom is 0.227 e. The summed E-state index contributed by atoms with van der Waals surface area (Å²) < 4.78 is 0. The molecule has 1 saturated heterocycles. The second-order valence-electron chi connectivity index (χ2n) is 7.99. The number of carbonyl (C=O) groups excluding carboxylic acids is 1. The maximum absolute atomic E-state index is 12.8. The minimum absolute atomic E-state index is 0.0903. The molecule has 0 unspecified atom stereocenters. The third kappa shape index (κ3) is 3.06. The predicted octanol–water partition coefficient (Wildman–Crippen LogP) is 1.98. The van der Waals surface area contributed by atoms with E-state index in [9.17, 15) is 9.90 Å². The van der Waals surface area contributed by atoms with E-state index >= 15 is 0 Å². The number of rotatable bonds is 5. The van der Waals surface area contributed by atoms with Gasteiger partial charge in [0.2, 0.25) is 5.91 Å². The molecule has 2 saturated carbocycles. The van der Waals surface area contributed by atoms with Gasteiger partial charge in [0, 0.05) is 31.1 Å². The minimum atomic E-state index is 0.0903. The van der Waals surface area contributed by atoms with E-state index in [1.807, 2.05) is 4.90 Å². The SMILES string of the molecule is O=C(Cc1cncc(O)c1)N1C[C@H](c2nc(C3CC3)n[nH]2)[C@@H](C2CC2)C1. The normalized spacial score (nSPS) is 25.6. The fourth-order valence-corrected chi connectivity index (χ4v) is 4.16. The van der Waals surface area contributed by atoms with Gasteiger partial charge in [0.25, 0.3) is 0 Å². The quantitative estimate of drug-likeness (QED) is 0.857. The zero-order valence-corrected chi connectivity index (χ0v) is 14.6. The van der Waals surface area contributed by atoms with Crippen LogP contribution in [0, 0.1) is 11.8 Å². The first-order valence-electron chi connectivity index (χ1n) is 9.50. The summed E-state index contributed by atoms with van der Waals surface area (Å²) in [5.41, 5.74) is 0.747. The Hall–Kier alpha value is -2.44. The second kappa shape index (κ2) is 6.07. The molecule has 2 atom stereocenters. The lowest BCUT2D eigenvalue weighted by molar-refractivity contribution is -0.129. The highest BCUT2D eigenvalue weighted by molar-refractivity contribution is 5.79. The number of pyridine rings is 1. The molecule has 1 aliphatic heterocycles. The van der Waals surface area contributed by atoms with Gasteiger partial charge in [-0.05, 0) is 49.1 Å². The molecule has 5 rings (SSSR count). The van der Waals surface area contributed by atoms with Gasteiger partial charge in [-0.3, -0.25) is 14.9 Å². The maximum atomic E-state index is 12.8. The number of nitrogens with zero attached hydrogens (tertiary/aromatic N) is 4. The Bertz CT molecular complexity index is 827. The number of aromatic nitrogens is 4. The van der Waals surface area contributed by atoms with Crippen molar-refractivity contribution < 1.29 is 9.90 Å². The van der Waals surface area contributed by atoms with E-state index in [0.29, 0.717) is 24.3 Å². The molecular weight excluding hydrogens is 330 g/mol. The summed E-state index contributed by atoms with van der Waals surface area (Å²) in [7, 11) is 0. The van der Waals surface area contributed by atoms with Crippen molar-refractivity contribution in [3.8, 4) is 5.75 Å². The largest absolute Gasteiger partial charge is 0.506 e. The van der Waals surface area contributed by atoms with Crippen LogP contribution < -0.4 is 0 Å². The Morgan fingerprint density at radius 1 is 1.23 bits per heavy atom. The van der Waals surface area contributed by atoms with Crippen LogP contribution >= 0.6 is 0 Å². The number of carbonyl (C=O) groups is 1. The van der Waals surface area contributed by atoms with Crippen molar-refractivity contribution in [2.45, 2.75) is 43.9 Å². The summed E-state index contributed by atoms with van der Waals surface area (Å²) in [4.78, 5) is 23.5. The van der Waals surface area contributed by atoms with Gasteiger partial charge in [-0.15, -0.1) is 0 Å². The van der Waals surface area contributed by atoms with Gasteiger partial charge in [0.05, 0.1) is 12.6 Å². The summed E-state index contributed by atoms with van der Waals surface area (Å²) in [5, 5.41) is 17.1. The van der Waals surface area contributed by atoms with E-state index in [-0.39, 0.29) is 24.0 Å². The number of hydrogen-bond donors (Lipinski definition) is 2. The summed E-state index contributed by atoms with van der Waals surface area (Å²) in [5.74, 6) is 4.07. The molecule has 3 fully saturated rings. The Kier molecular flexibility index (Phi) is 3.69. The van der Waals surface area contributed by atoms with Gasteiger partial charge in [-0.25, -0.2) is 4.98 Å². The zero-order valence-electron chi connectivity index (χ0n) is 14.6. The average molecular weight is 353 g/mol. The number of aromatic hydroxyl groups is 1. The molecule has 0 aromatic carbocycles. The molecule has 0 spiro atoms. The number of nitrogens with one attached hydrogen (secondary N) is 1. The van der Waals surface area contributed by atoms with Crippen molar-refractivity contribution in [3.05, 3.63) is 35.7 Å². The van der Waals surface area contributed by atoms with Crippen LogP contribution in [0.1, 0.15) is 54.7 Å². The van der Waals surface area contributed by atoms with E-state index in [4.69, 9.17) is 4.98 Å². The van der Waals surface area contributed by atoms with Crippen molar-refractivity contribution in [2.24, 2.45) is 11.8 Å². The highest BCUT2D eigenvalue weighted by Crippen LogP contribution is 2.47. The van der Waals surface area contributed by atoms with E-state index in [2.05, 4.69) is 15.2 Å². The van der Waals surface area contributed by atoms with Crippen LogP contribution in [-0.4, -0.2) is 49.2 Å². The van der Waals surface area contributed by atoms with Crippen LogP contribution in [0.5, 0.6) is 5.75 Å². The highest BCUT2D eigenvalue weighted by Gasteiger charge is 2.45. The summed E-state index contributed by atoms with van der Waals surface area (Å²) >= 11 is 0. The fourth-order valence-electron chi connectivity index (χ4n) is 4.16. The van der Waals surface area contributed by atoms with E-state index < -0.39 is 0 Å². The molecular formula is C19H23N5O2. The van der Waals surface area contributed by atoms with Gasteiger partial charge >= 0.3 is 0 Å². The molecule has 7 heteroatoms. The Morgan fingerprint density at radius 3 is 2.81 bits per heavy atom. The lowest BCUT2D eigenvalue weighted by atomic mass is 9.91. The van der Waals surface area contributed by atoms with Gasteiger partial charge in [0.15, 0.2) is 5.82 Å². The topological polar surface area (TPSA) is 95.0 Å². The van der Waals surface area contributed by atoms with Gasteiger partial charge in [0.1, 0.15) is 11.6 Å². The molecule has 3 heterocycles. The molecule has 2 N–H and O–H groups in total. The third-order valence-electron chi connectivity index (χ3n) is 5.89. The smallest absolute Gasteiger partial charge is 0.227 e. The standard InChI is InChI=1S/C19H23N5O2/c25-14-5-11(7-20-8-14)6-17(26)24-9-15(12-1-2-12)16(10-24)19-21-18(22-23-19)13-3-4-13/h5,7-8,12-13,15-16,25H,1-4,6,9-10H2,(H,21,22,23)/t15-,16+/m1/s1. The molecule has 3 aliphatic rings. The monoisotopic (exact) mass is 353 g/mol. The van der Waals surface area contributed by atoms with Gasteiger partial charge < -0.3 is 10.0 Å². The molecule has 26 heavy (non-hydrogen) atoms. The van der Waals surface area contributed by atoms with Gasteiger partial charge in [-0.2, -0.15) is 5.10 Å². The Balaban J connectivity index is 1.31. The van der Waals surface area contributed by atoms with Crippen molar-refractivity contribution >= 4 is 5.91 Å². The number of likely N-dealkylation sites (tertiary alicyclic amines) is 1. The molecule has 7 nitrogen and oxygen atoms in total. The molecule has 136 valence electrons. The highest BCUT2D eigenvalue weighted by atomic mass is 16.3. The third-order valence-corrected chi connectivity index (χ3v) is 5.89. The predicted molar refractivity (Wildman–Crippen MR) is 93.5 cm³/mol. The van der Waals surface area contributed by atoms with Crippen molar-refractivity contribution in [3.63, 3.8) is 0 Å². The molecule has 2 aliphatic carbocycles. The van der Waals surface area contributed by atoms with Crippen LogP contribution in [0.3, 0.4) is 0 Å².